The third kappa shape index (κ3) is 4.33. The van der Waals surface area contributed by atoms with E-state index in [-0.39, 0.29) is 11.8 Å². The van der Waals surface area contributed by atoms with Gasteiger partial charge in [-0.1, -0.05) is 18.2 Å². The molecule has 28 heavy (non-hydrogen) atoms. The first kappa shape index (κ1) is 19.5. The fourth-order valence-electron chi connectivity index (χ4n) is 2.52. The van der Waals surface area contributed by atoms with Crippen LogP contribution in [0.5, 0.6) is 0 Å². The molecule has 1 aromatic heterocycles. The van der Waals surface area contributed by atoms with Crippen molar-refractivity contribution < 1.29 is 31.1 Å². The Labute approximate surface area is 154 Å². The van der Waals surface area contributed by atoms with Crippen molar-refractivity contribution >= 4 is 28.3 Å². The summed E-state index contributed by atoms with van der Waals surface area (Å²) in [7, 11) is 0. The lowest BCUT2D eigenvalue weighted by Crippen LogP contribution is -2.21. The van der Waals surface area contributed by atoms with Crippen molar-refractivity contribution in [2.45, 2.75) is 12.4 Å². The van der Waals surface area contributed by atoms with Gasteiger partial charge in [0.2, 0.25) is 0 Å². The third-order valence-corrected chi connectivity index (χ3v) is 3.73. The number of fused-ring (bicyclic) bond motifs is 1. The number of carbonyl (C=O) groups is 1. The van der Waals surface area contributed by atoms with Crippen LogP contribution in [0.4, 0.5) is 42.5 Å². The average Bonchev–Trinajstić information content (AvgIpc) is 2.60. The number of anilines is 2. The molecule has 1 heterocycles. The summed E-state index contributed by atoms with van der Waals surface area (Å²) in [5.41, 5.74) is -3.03. The van der Waals surface area contributed by atoms with E-state index < -0.39 is 35.2 Å². The number of aromatic nitrogens is 1. The van der Waals surface area contributed by atoms with Gasteiger partial charge in [0.1, 0.15) is 0 Å². The van der Waals surface area contributed by atoms with E-state index >= 15 is 0 Å². The third-order valence-electron chi connectivity index (χ3n) is 3.73. The number of hydrogen-bond acceptors (Lipinski definition) is 2. The van der Waals surface area contributed by atoms with Crippen LogP contribution in [0.3, 0.4) is 0 Å². The zero-order chi connectivity index (χ0) is 20.5. The van der Waals surface area contributed by atoms with Crippen molar-refractivity contribution in [3.8, 4) is 0 Å². The molecule has 0 bridgehead atoms. The molecule has 0 aliphatic heterocycles. The minimum absolute atomic E-state index is 0.0162. The van der Waals surface area contributed by atoms with Gasteiger partial charge in [0.25, 0.3) is 0 Å². The summed E-state index contributed by atoms with van der Waals surface area (Å²) in [5, 5.41) is 5.07. The van der Waals surface area contributed by atoms with Gasteiger partial charge in [0.05, 0.1) is 22.3 Å². The lowest BCUT2D eigenvalue weighted by Gasteiger charge is -2.15. The fraction of sp³-hybridized carbons (Fsp3) is 0.111. The molecule has 146 valence electrons. The fourth-order valence-corrected chi connectivity index (χ4v) is 2.52. The molecule has 0 spiro atoms. The maximum absolute atomic E-state index is 12.9. The second kappa shape index (κ2) is 7.02. The molecule has 4 nitrogen and oxygen atoms in total. The average molecular weight is 399 g/mol. The summed E-state index contributed by atoms with van der Waals surface area (Å²) < 4.78 is 77.3. The molecule has 0 aliphatic rings. The highest BCUT2D eigenvalue weighted by Gasteiger charge is 2.37. The van der Waals surface area contributed by atoms with Crippen molar-refractivity contribution in [3.05, 3.63) is 65.9 Å². The molecule has 3 rings (SSSR count). The summed E-state index contributed by atoms with van der Waals surface area (Å²) in [5.74, 6) is 0. The number of carbonyl (C=O) groups excluding carboxylic acids is 1. The number of benzene rings is 2. The Hall–Kier alpha value is -3.30. The van der Waals surface area contributed by atoms with Gasteiger partial charge in [0, 0.05) is 17.3 Å². The normalized spacial score (nSPS) is 12.1. The lowest BCUT2D eigenvalue weighted by atomic mass is 10.1. The number of urea groups is 1. The topological polar surface area (TPSA) is 54.0 Å². The van der Waals surface area contributed by atoms with Crippen LogP contribution in [0.25, 0.3) is 10.9 Å². The molecule has 10 heteroatoms. The summed E-state index contributed by atoms with van der Waals surface area (Å²) in [6, 6.07) is 8.08. The van der Waals surface area contributed by atoms with E-state index in [9.17, 15) is 31.1 Å². The van der Waals surface area contributed by atoms with Gasteiger partial charge >= 0.3 is 18.4 Å². The SMILES string of the molecule is O=C(Nc1cc(C(F)(F)F)cc(C(F)(F)F)c1)Nc1cccc2cccnc12. The van der Waals surface area contributed by atoms with Gasteiger partial charge in [-0.15, -0.1) is 0 Å². The van der Waals surface area contributed by atoms with Crippen LogP contribution in [0.1, 0.15) is 11.1 Å². The van der Waals surface area contributed by atoms with E-state index in [4.69, 9.17) is 0 Å². The number of para-hydroxylation sites is 1. The van der Waals surface area contributed by atoms with Crippen LogP contribution in [0, 0.1) is 0 Å². The van der Waals surface area contributed by atoms with Crippen LogP contribution in [0.2, 0.25) is 0 Å². The summed E-state index contributed by atoms with van der Waals surface area (Å²) in [4.78, 5) is 16.2. The van der Waals surface area contributed by atoms with E-state index in [1.807, 2.05) is 5.32 Å². The molecular weight excluding hydrogens is 388 g/mol. The van der Waals surface area contributed by atoms with Gasteiger partial charge in [0.15, 0.2) is 0 Å². The number of amides is 2. The Bertz CT molecular complexity index is 992. The van der Waals surface area contributed by atoms with Crippen LogP contribution < -0.4 is 10.6 Å². The molecule has 3 aromatic rings. The summed E-state index contributed by atoms with van der Waals surface area (Å²) in [6.07, 6.45) is -8.53. The molecule has 0 saturated heterocycles. The second-order valence-corrected chi connectivity index (χ2v) is 5.75. The first-order chi connectivity index (χ1) is 13.0. The Balaban J connectivity index is 1.89. The van der Waals surface area contributed by atoms with Gasteiger partial charge in [-0.05, 0) is 30.3 Å². The molecule has 2 amide bonds. The maximum Gasteiger partial charge on any atom is 0.416 e. The van der Waals surface area contributed by atoms with Crippen molar-refractivity contribution in [2.24, 2.45) is 0 Å². The van der Waals surface area contributed by atoms with Crippen LogP contribution in [-0.2, 0) is 12.4 Å². The number of pyridine rings is 1. The van der Waals surface area contributed by atoms with Crippen LogP contribution in [0.15, 0.2) is 54.7 Å². The maximum atomic E-state index is 12.9. The minimum atomic E-state index is -5.01. The minimum Gasteiger partial charge on any atom is -0.308 e. The quantitative estimate of drug-likeness (QED) is 0.526. The zero-order valence-corrected chi connectivity index (χ0v) is 13.8. The van der Waals surface area contributed by atoms with Gasteiger partial charge < -0.3 is 10.6 Å². The number of halogens is 6. The Morgan fingerprint density at radius 1 is 0.821 bits per heavy atom. The Morgan fingerprint density at radius 2 is 1.43 bits per heavy atom. The van der Waals surface area contributed by atoms with E-state index in [0.717, 1.165) is 0 Å². The molecule has 0 atom stereocenters. The molecule has 0 aliphatic carbocycles. The van der Waals surface area contributed by atoms with Crippen LogP contribution in [-0.4, -0.2) is 11.0 Å². The molecule has 0 saturated carbocycles. The Kier molecular flexibility index (Phi) is 4.88. The van der Waals surface area contributed by atoms with E-state index in [2.05, 4.69) is 10.3 Å². The van der Waals surface area contributed by atoms with Crippen molar-refractivity contribution in [2.75, 3.05) is 10.6 Å². The number of rotatable bonds is 2. The first-order valence-electron chi connectivity index (χ1n) is 7.75. The number of hydrogen-bond donors (Lipinski definition) is 2. The smallest absolute Gasteiger partial charge is 0.308 e. The van der Waals surface area contributed by atoms with Crippen molar-refractivity contribution in [1.29, 1.82) is 0 Å². The largest absolute Gasteiger partial charge is 0.416 e. The van der Waals surface area contributed by atoms with Gasteiger partial charge in [-0.3, -0.25) is 4.98 Å². The van der Waals surface area contributed by atoms with E-state index in [1.54, 1.807) is 24.3 Å². The standard InChI is InChI=1S/C18H11F6N3O/c19-17(20,21)11-7-12(18(22,23)24)9-13(8-11)26-16(28)27-14-5-1-3-10-4-2-6-25-15(10)14/h1-9H,(H2,26,27,28). The lowest BCUT2D eigenvalue weighted by molar-refractivity contribution is -0.143. The van der Waals surface area contributed by atoms with E-state index in [0.29, 0.717) is 23.0 Å². The zero-order valence-electron chi connectivity index (χ0n) is 13.8. The van der Waals surface area contributed by atoms with Crippen molar-refractivity contribution in [3.63, 3.8) is 0 Å². The van der Waals surface area contributed by atoms with Gasteiger partial charge in [-0.2, -0.15) is 26.3 Å². The molecule has 2 aromatic carbocycles. The number of nitrogens with one attached hydrogen (secondary N) is 2. The van der Waals surface area contributed by atoms with Gasteiger partial charge in [-0.25, -0.2) is 4.79 Å². The highest BCUT2D eigenvalue weighted by atomic mass is 19.4. The first-order valence-corrected chi connectivity index (χ1v) is 7.75. The predicted molar refractivity (Wildman–Crippen MR) is 90.8 cm³/mol. The molecule has 0 fully saturated rings. The van der Waals surface area contributed by atoms with Crippen LogP contribution >= 0.6 is 0 Å². The monoisotopic (exact) mass is 399 g/mol. The molecular formula is C18H11F6N3O. The van der Waals surface area contributed by atoms with E-state index in [1.165, 1.54) is 12.3 Å². The summed E-state index contributed by atoms with van der Waals surface area (Å²) in [6.45, 7) is 0. The highest BCUT2D eigenvalue weighted by Crippen LogP contribution is 2.37. The number of nitrogens with zero attached hydrogens (tertiary/aromatic N) is 1. The predicted octanol–water partition coefficient (Wildman–Crippen LogP) is 5.92. The highest BCUT2D eigenvalue weighted by molar-refractivity contribution is 6.05. The second-order valence-electron chi connectivity index (χ2n) is 5.75. The molecule has 0 unspecified atom stereocenters. The number of alkyl halides is 6. The molecule has 2 N–H and O–H groups in total. The summed E-state index contributed by atoms with van der Waals surface area (Å²) >= 11 is 0. The molecule has 0 radical (unpaired) electrons. The van der Waals surface area contributed by atoms with Crippen molar-refractivity contribution in [1.82, 2.24) is 4.98 Å². The Morgan fingerprint density at radius 3 is 2.04 bits per heavy atom.